The second kappa shape index (κ2) is 7.59. The summed E-state index contributed by atoms with van der Waals surface area (Å²) in [4.78, 5) is 18.9. The molecule has 0 spiro atoms. The van der Waals surface area contributed by atoms with Crippen LogP contribution in [0.1, 0.15) is 43.9 Å². The summed E-state index contributed by atoms with van der Waals surface area (Å²) in [6.07, 6.45) is 1.80. The van der Waals surface area contributed by atoms with Gasteiger partial charge in [-0.15, -0.1) is 0 Å². The SMILES string of the molecule is CCSc1nc2c(c(=O)n1Cc1ccccc1)C(C)(CC)Cc1ccccc1-2. The molecule has 0 aliphatic heterocycles. The van der Waals surface area contributed by atoms with E-state index < -0.39 is 0 Å². The van der Waals surface area contributed by atoms with Crippen molar-refractivity contribution in [1.29, 1.82) is 0 Å². The first-order valence-corrected chi connectivity index (χ1v) is 11.0. The summed E-state index contributed by atoms with van der Waals surface area (Å²) in [7, 11) is 0. The van der Waals surface area contributed by atoms with Crippen molar-refractivity contribution >= 4 is 11.8 Å². The van der Waals surface area contributed by atoms with E-state index in [0.717, 1.165) is 46.1 Å². The zero-order valence-corrected chi connectivity index (χ0v) is 17.6. The number of fused-ring (bicyclic) bond motifs is 3. The predicted octanol–water partition coefficient (Wildman–Crippen LogP) is 5.29. The van der Waals surface area contributed by atoms with Gasteiger partial charge in [0, 0.05) is 11.0 Å². The van der Waals surface area contributed by atoms with Crippen molar-refractivity contribution in [2.24, 2.45) is 0 Å². The average molecular weight is 391 g/mol. The molecule has 1 aliphatic rings. The van der Waals surface area contributed by atoms with Gasteiger partial charge in [-0.2, -0.15) is 0 Å². The van der Waals surface area contributed by atoms with Gasteiger partial charge < -0.3 is 0 Å². The van der Waals surface area contributed by atoms with Crippen molar-refractivity contribution in [2.45, 2.75) is 50.7 Å². The molecule has 1 unspecified atom stereocenters. The van der Waals surface area contributed by atoms with Crippen LogP contribution >= 0.6 is 11.8 Å². The van der Waals surface area contributed by atoms with Crippen molar-refractivity contribution in [1.82, 2.24) is 9.55 Å². The molecular weight excluding hydrogens is 364 g/mol. The highest BCUT2D eigenvalue weighted by molar-refractivity contribution is 7.99. The zero-order valence-electron chi connectivity index (χ0n) is 16.7. The number of nitrogens with zero attached hydrogens (tertiary/aromatic N) is 2. The van der Waals surface area contributed by atoms with Crippen LogP contribution in [0, 0.1) is 0 Å². The fourth-order valence-corrected chi connectivity index (χ4v) is 4.85. The Morgan fingerprint density at radius 1 is 1.07 bits per heavy atom. The summed E-state index contributed by atoms with van der Waals surface area (Å²) >= 11 is 1.64. The topological polar surface area (TPSA) is 34.9 Å². The Hall–Kier alpha value is -2.33. The van der Waals surface area contributed by atoms with Gasteiger partial charge in [-0.3, -0.25) is 9.36 Å². The molecule has 4 heteroatoms. The summed E-state index contributed by atoms with van der Waals surface area (Å²) in [6, 6.07) is 18.6. The maximum atomic E-state index is 13.8. The smallest absolute Gasteiger partial charge is 0.258 e. The fraction of sp³-hybridized carbons (Fsp3) is 0.333. The third kappa shape index (κ3) is 3.20. The summed E-state index contributed by atoms with van der Waals surface area (Å²) < 4.78 is 1.88. The van der Waals surface area contributed by atoms with Crippen molar-refractivity contribution in [3.8, 4) is 11.3 Å². The molecule has 0 bridgehead atoms. The van der Waals surface area contributed by atoms with E-state index in [-0.39, 0.29) is 11.0 Å². The van der Waals surface area contributed by atoms with Crippen molar-refractivity contribution in [2.75, 3.05) is 5.75 Å². The highest BCUT2D eigenvalue weighted by Crippen LogP contribution is 2.42. The lowest BCUT2D eigenvalue weighted by Gasteiger charge is -2.35. The van der Waals surface area contributed by atoms with Crippen molar-refractivity contribution in [3.63, 3.8) is 0 Å². The van der Waals surface area contributed by atoms with Crippen LogP contribution in [0.15, 0.2) is 64.5 Å². The molecule has 4 rings (SSSR count). The van der Waals surface area contributed by atoms with Gasteiger partial charge in [-0.25, -0.2) is 4.98 Å². The average Bonchev–Trinajstić information content (AvgIpc) is 2.71. The molecule has 28 heavy (non-hydrogen) atoms. The maximum Gasteiger partial charge on any atom is 0.258 e. The van der Waals surface area contributed by atoms with Crippen LogP contribution in [-0.2, 0) is 18.4 Å². The minimum atomic E-state index is -0.193. The van der Waals surface area contributed by atoms with Crippen LogP contribution < -0.4 is 5.56 Å². The van der Waals surface area contributed by atoms with Gasteiger partial charge in [0.15, 0.2) is 5.16 Å². The summed E-state index contributed by atoms with van der Waals surface area (Å²) in [5.41, 5.74) is 5.22. The van der Waals surface area contributed by atoms with Gasteiger partial charge in [0.1, 0.15) is 0 Å². The van der Waals surface area contributed by atoms with E-state index in [1.54, 1.807) is 11.8 Å². The lowest BCUT2D eigenvalue weighted by Crippen LogP contribution is -2.40. The van der Waals surface area contributed by atoms with E-state index in [1.807, 2.05) is 28.8 Å². The highest BCUT2D eigenvalue weighted by Gasteiger charge is 2.38. The van der Waals surface area contributed by atoms with Gasteiger partial charge in [0.2, 0.25) is 0 Å². The Labute approximate surface area is 170 Å². The molecule has 0 N–H and O–H groups in total. The molecular formula is C24H26N2OS. The molecule has 0 saturated heterocycles. The van der Waals surface area contributed by atoms with E-state index in [9.17, 15) is 4.79 Å². The van der Waals surface area contributed by atoms with Gasteiger partial charge in [0.05, 0.1) is 17.8 Å². The normalized spacial score (nSPS) is 17.8. The lowest BCUT2D eigenvalue weighted by molar-refractivity contribution is 0.430. The molecule has 3 aromatic rings. The quantitative estimate of drug-likeness (QED) is 0.438. The second-order valence-corrected chi connectivity index (χ2v) is 8.91. The molecule has 1 heterocycles. The minimum absolute atomic E-state index is 0.114. The summed E-state index contributed by atoms with van der Waals surface area (Å²) in [5, 5.41) is 0.810. The van der Waals surface area contributed by atoms with E-state index in [0.29, 0.717) is 6.54 Å². The molecule has 3 nitrogen and oxygen atoms in total. The number of thioether (sulfide) groups is 1. The van der Waals surface area contributed by atoms with Crippen LogP contribution in [0.25, 0.3) is 11.3 Å². The largest absolute Gasteiger partial charge is 0.283 e. The van der Waals surface area contributed by atoms with Gasteiger partial charge in [-0.1, -0.05) is 87.1 Å². The maximum absolute atomic E-state index is 13.8. The monoisotopic (exact) mass is 390 g/mol. The van der Waals surface area contributed by atoms with E-state index in [2.05, 4.69) is 51.1 Å². The number of aromatic nitrogens is 2. The van der Waals surface area contributed by atoms with Gasteiger partial charge >= 0.3 is 0 Å². The first-order chi connectivity index (χ1) is 13.6. The van der Waals surface area contributed by atoms with Crippen LogP contribution in [0.3, 0.4) is 0 Å². The third-order valence-electron chi connectivity index (χ3n) is 5.83. The van der Waals surface area contributed by atoms with Gasteiger partial charge in [-0.05, 0) is 29.7 Å². The molecule has 2 aromatic carbocycles. The molecule has 0 radical (unpaired) electrons. The van der Waals surface area contributed by atoms with Crippen LogP contribution in [0.2, 0.25) is 0 Å². The molecule has 0 saturated carbocycles. The van der Waals surface area contributed by atoms with Crippen LogP contribution in [-0.4, -0.2) is 15.3 Å². The Kier molecular flexibility index (Phi) is 5.15. The predicted molar refractivity (Wildman–Crippen MR) is 117 cm³/mol. The second-order valence-electron chi connectivity index (χ2n) is 7.68. The third-order valence-corrected chi connectivity index (χ3v) is 6.69. The lowest BCUT2D eigenvalue weighted by atomic mass is 9.69. The number of hydrogen-bond donors (Lipinski definition) is 0. The molecule has 1 aliphatic carbocycles. The number of benzene rings is 2. The molecule has 1 atom stereocenters. The molecule has 0 fully saturated rings. The van der Waals surface area contributed by atoms with Crippen LogP contribution in [0.4, 0.5) is 0 Å². The molecule has 0 amide bonds. The van der Waals surface area contributed by atoms with E-state index in [1.165, 1.54) is 5.56 Å². The van der Waals surface area contributed by atoms with E-state index in [4.69, 9.17) is 4.98 Å². The number of rotatable bonds is 5. The summed E-state index contributed by atoms with van der Waals surface area (Å²) in [5.74, 6) is 0.882. The highest BCUT2D eigenvalue weighted by atomic mass is 32.2. The minimum Gasteiger partial charge on any atom is -0.283 e. The van der Waals surface area contributed by atoms with Gasteiger partial charge in [0.25, 0.3) is 5.56 Å². The molecule has 1 aromatic heterocycles. The first-order valence-electron chi connectivity index (χ1n) is 9.97. The van der Waals surface area contributed by atoms with Crippen molar-refractivity contribution in [3.05, 3.63) is 81.6 Å². The molecule has 144 valence electrons. The van der Waals surface area contributed by atoms with Crippen LogP contribution in [0.5, 0.6) is 0 Å². The number of hydrogen-bond acceptors (Lipinski definition) is 3. The summed E-state index contributed by atoms with van der Waals surface area (Å²) in [6.45, 7) is 7.05. The Bertz CT molecular complexity index is 1060. The fourth-order valence-electron chi connectivity index (χ4n) is 4.13. The van der Waals surface area contributed by atoms with E-state index >= 15 is 0 Å². The Morgan fingerprint density at radius 2 is 1.79 bits per heavy atom. The Morgan fingerprint density at radius 3 is 2.50 bits per heavy atom. The first kappa shape index (κ1) is 19.0. The van der Waals surface area contributed by atoms with Crippen molar-refractivity contribution < 1.29 is 0 Å². The Balaban J connectivity index is 1.98. The zero-order chi connectivity index (χ0) is 19.7. The standard InChI is InChI=1S/C24H26N2OS/c1-4-24(3)15-18-13-9-10-14-19(18)21-20(24)22(27)26(23(25-21)28-5-2)16-17-11-7-6-8-12-17/h6-14H,4-5,15-16H2,1-3H3.